The van der Waals surface area contributed by atoms with Crippen molar-refractivity contribution in [2.24, 2.45) is 0 Å². The van der Waals surface area contributed by atoms with Crippen LogP contribution in [0.25, 0.3) is 0 Å². The average Bonchev–Trinajstić information content (AvgIpc) is 2.71. The minimum Gasteiger partial charge on any atom is -0.490 e. The Hall–Kier alpha value is -3.22. The molecule has 1 atom stereocenters. The van der Waals surface area contributed by atoms with Crippen LogP contribution >= 0.6 is 0 Å². The molecular weight excluding hydrogens is 384 g/mol. The standard InChI is InChI=1S/C23H28N2O5/c1-4-28-19-9-7-16(13-20(19)29-5-2)10-11-24-22(26)14-21-23(27)25-17-12-15(3)6-8-18(17)30-21/h6-9,12-13,21H,4-5,10-11,14H2,1-3H3,(H,24,26)(H,25,27)/t21-/m0/s1. The van der Waals surface area contributed by atoms with Crippen LogP contribution in [-0.2, 0) is 16.0 Å². The van der Waals surface area contributed by atoms with Crippen LogP contribution in [-0.4, -0.2) is 37.7 Å². The van der Waals surface area contributed by atoms with Crippen LogP contribution in [0.2, 0.25) is 0 Å². The highest BCUT2D eigenvalue weighted by Crippen LogP contribution is 2.31. The monoisotopic (exact) mass is 412 g/mol. The minimum atomic E-state index is -0.838. The van der Waals surface area contributed by atoms with Crippen molar-refractivity contribution in [3.8, 4) is 17.2 Å². The molecule has 1 aliphatic heterocycles. The lowest BCUT2D eigenvalue weighted by atomic mass is 10.1. The van der Waals surface area contributed by atoms with E-state index in [-0.39, 0.29) is 18.2 Å². The smallest absolute Gasteiger partial charge is 0.266 e. The highest BCUT2D eigenvalue weighted by atomic mass is 16.5. The van der Waals surface area contributed by atoms with Gasteiger partial charge in [-0.2, -0.15) is 0 Å². The molecule has 0 aromatic heterocycles. The first-order chi connectivity index (χ1) is 14.5. The number of rotatable bonds is 9. The lowest BCUT2D eigenvalue weighted by Crippen LogP contribution is -2.41. The van der Waals surface area contributed by atoms with E-state index < -0.39 is 6.10 Å². The van der Waals surface area contributed by atoms with Gasteiger partial charge in [0.1, 0.15) is 5.75 Å². The molecule has 0 bridgehead atoms. The normalized spacial score (nSPS) is 14.9. The molecule has 2 aromatic rings. The van der Waals surface area contributed by atoms with E-state index in [4.69, 9.17) is 14.2 Å². The highest BCUT2D eigenvalue weighted by Gasteiger charge is 2.29. The van der Waals surface area contributed by atoms with Gasteiger partial charge in [-0.15, -0.1) is 0 Å². The molecule has 2 aromatic carbocycles. The Kier molecular flexibility index (Phi) is 7.17. The number of ether oxygens (including phenoxy) is 3. The SMILES string of the molecule is CCOc1ccc(CCNC(=O)C[C@@H]2Oc3ccc(C)cc3NC2=O)cc1OCC. The van der Waals surface area contributed by atoms with Crippen molar-refractivity contribution in [3.05, 3.63) is 47.5 Å². The third kappa shape index (κ3) is 5.43. The molecule has 7 heteroatoms. The molecule has 30 heavy (non-hydrogen) atoms. The second kappa shape index (κ2) is 10.0. The summed E-state index contributed by atoms with van der Waals surface area (Å²) in [7, 11) is 0. The number of anilines is 1. The first-order valence-electron chi connectivity index (χ1n) is 10.2. The molecule has 0 saturated heterocycles. The summed E-state index contributed by atoms with van der Waals surface area (Å²) >= 11 is 0. The Morgan fingerprint density at radius 1 is 1.10 bits per heavy atom. The fraction of sp³-hybridized carbons (Fsp3) is 0.391. The molecule has 160 valence electrons. The zero-order valence-electron chi connectivity index (χ0n) is 17.6. The molecule has 2 N–H and O–H groups in total. The number of carbonyl (C=O) groups excluding carboxylic acids is 2. The molecule has 7 nitrogen and oxygen atoms in total. The number of amides is 2. The Bertz CT molecular complexity index is 912. The summed E-state index contributed by atoms with van der Waals surface area (Å²) in [5, 5.41) is 5.65. The van der Waals surface area contributed by atoms with Gasteiger partial charge in [0.25, 0.3) is 5.91 Å². The van der Waals surface area contributed by atoms with E-state index in [2.05, 4.69) is 10.6 Å². The molecule has 0 radical (unpaired) electrons. The molecule has 0 spiro atoms. The van der Waals surface area contributed by atoms with E-state index in [0.29, 0.717) is 49.1 Å². The summed E-state index contributed by atoms with van der Waals surface area (Å²) in [4.78, 5) is 24.5. The van der Waals surface area contributed by atoms with E-state index in [1.165, 1.54) is 0 Å². The fourth-order valence-corrected chi connectivity index (χ4v) is 3.24. The van der Waals surface area contributed by atoms with Gasteiger partial charge in [0, 0.05) is 6.54 Å². The van der Waals surface area contributed by atoms with Crippen molar-refractivity contribution in [1.82, 2.24) is 5.32 Å². The number of fused-ring (bicyclic) bond motifs is 1. The number of hydrogen-bond acceptors (Lipinski definition) is 5. The van der Waals surface area contributed by atoms with E-state index in [1.54, 1.807) is 6.07 Å². The maximum atomic E-state index is 12.3. The highest BCUT2D eigenvalue weighted by molar-refractivity contribution is 6.00. The summed E-state index contributed by atoms with van der Waals surface area (Å²) in [6, 6.07) is 11.3. The van der Waals surface area contributed by atoms with Gasteiger partial charge in [-0.25, -0.2) is 0 Å². The Morgan fingerprint density at radius 2 is 1.87 bits per heavy atom. The maximum Gasteiger partial charge on any atom is 0.266 e. The quantitative estimate of drug-likeness (QED) is 0.660. The Balaban J connectivity index is 1.51. The van der Waals surface area contributed by atoms with Crippen molar-refractivity contribution in [3.63, 3.8) is 0 Å². The number of carbonyl (C=O) groups is 2. The molecule has 3 rings (SSSR count). The van der Waals surface area contributed by atoms with Gasteiger partial charge in [-0.3, -0.25) is 9.59 Å². The number of hydrogen-bond donors (Lipinski definition) is 2. The summed E-state index contributed by atoms with van der Waals surface area (Å²) in [6.07, 6.45) is -0.236. The third-order valence-corrected chi connectivity index (χ3v) is 4.67. The molecule has 0 fully saturated rings. The average molecular weight is 412 g/mol. The van der Waals surface area contributed by atoms with Crippen LogP contribution in [0.1, 0.15) is 31.4 Å². The third-order valence-electron chi connectivity index (χ3n) is 4.67. The summed E-state index contributed by atoms with van der Waals surface area (Å²) in [6.45, 7) is 7.35. The zero-order valence-corrected chi connectivity index (χ0v) is 17.6. The molecule has 0 aliphatic carbocycles. The van der Waals surface area contributed by atoms with Crippen LogP contribution in [0.15, 0.2) is 36.4 Å². The Labute approximate surface area is 176 Å². The number of benzene rings is 2. The second-order valence-corrected chi connectivity index (χ2v) is 7.05. The first-order valence-corrected chi connectivity index (χ1v) is 10.2. The fourth-order valence-electron chi connectivity index (χ4n) is 3.24. The van der Waals surface area contributed by atoms with Crippen LogP contribution in [0.3, 0.4) is 0 Å². The van der Waals surface area contributed by atoms with E-state index >= 15 is 0 Å². The van der Waals surface area contributed by atoms with Crippen LogP contribution in [0.4, 0.5) is 5.69 Å². The van der Waals surface area contributed by atoms with Gasteiger partial charge in [0.05, 0.1) is 25.3 Å². The lowest BCUT2D eigenvalue weighted by Gasteiger charge is -2.25. The molecule has 0 saturated carbocycles. The van der Waals surface area contributed by atoms with Crippen molar-refractivity contribution in [2.45, 2.75) is 39.7 Å². The largest absolute Gasteiger partial charge is 0.490 e. The zero-order chi connectivity index (χ0) is 21.5. The summed E-state index contributed by atoms with van der Waals surface area (Å²) in [5.74, 6) is 1.45. The van der Waals surface area contributed by atoms with Crippen LogP contribution in [0.5, 0.6) is 17.2 Å². The predicted octanol–water partition coefficient (Wildman–Crippen LogP) is 3.24. The van der Waals surface area contributed by atoms with Gasteiger partial charge < -0.3 is 24.8 Å². The molecular formula is C23H28N2O5. The van der Waals surface area contributed by atoms with Gasteiger partial charge in [0.2, 0.25) is 5.91 Å². The maximum absolute atomic E-state index is 12.3. The van der Waals surface area contributed by atoms with Gasteiger partial charge in [-0.05, 0) is 62.6 Å². The molecule has 2 amide bonds. The molecule has 1 heterocycles. The van der Waals surface area contributed by atoms with E-state index in [0.717, 1.165) is 11.1 Å². The number of nitrogens with one attached hydrogen (secondary N) is 2. The minimum absolute atomic E-state index is 0.0351. The van der Waals surface area contributed by atoms with E-state index in [9.17, 15) is 9.59 Å². The van der Waals surface area contributed by atoms with Crippen molar-refractivity contribution < 1.29 is 23.8 Å². The van der Waals surface area contributed by atoms with Crippen LogP contribution < -0.4 is 24.8 Å². The van der Waals surface area contributed by atoms with Crippen LogP contribution in [0, 0.1) is 6.92 Å². The molecule has 1 aliphatic rings. The summed E-state index contributed by atoms with van der Waals surface area (Å²) in [5.41, 5.74) is 2.69. The van der Waals surface area contributed by atoms with Crippen molar-refractivity contribution in [2.75, 3.05) is 25.1 Å². The van der Waals surface area contributed by atoms with Gasteiger partial charge in [0.15, 0.2) is 17.6 Å². The van der Waals surface area contributed by atoms with Gasteiger partial charge >= 0.3 is 0 Å². The summed E-state index contributed by atoms with van der Waals surface area (Å²) < 4.78 is 16.9. The molecule has 0 unspecified atom stereocenters. The first kappa shape index (κ1) is 21.5. The van der Waals surface area contributed by atoms with Gasteiger partial charge in [-0.1, -0.05) is 12.1 Å². The van der Waals surface area contributed by atoms with Crippen molar-refractivity contribution >= 4 is 17.5 Å². The number of aryl methyl sites for hydroxylation is 1. The lowest BCUT2D eigenvalue weighted by molar-refractivity contribution is -0.130. The predicted molar refractivity (Wildman–Crippen MR) is 114 cm³/mol. The topological polar surface area (TPSA) is 85.9 Å². The van der Waals surface area contributed by atoms with E-state index in [1.807, 2.05) is 51.1 Å². The van der Waals surface area contributed by atoms with Crippen molar-refractivity contribution in [1.29, 1.82) is 0 Å². The Morgan fingerprint density at radius 3 is 2.63 bits per heavy atom. The second-order valence-electron chi connectivity index (χ2n) is 7.05.